The highest BCUT2D eigenvalue weighted by molar-refractivity contribution is 7.92. The summed E-state index contributed by atoms with van der Waals surface area (Å²) in [5.74, 6) is -0.745. The lowest BCUT2D eigenvalue weighted by Crippen LogP contribution is -2.51. The standard InChI is InChI=1S/C22H29N3O4S/c1-17-10-12-20(13-11-17)25(30(4,28)29)16-21(26)24(18(2)22(27)23-3)15-14-19-8-6-5-7-9-19/h5-13,18H,14-16H2,1-4H3,(H,23,27)/t18-/m0/s1. The summed E-state index contributed by atoms with van der Waals surface area (Å²) in [6.45, 7) is 3.45. The van der Waals surface area contributed by atoms with Gasteiger partial charge in [-0.1, -0.05) is 48.0 Å². The fraction of sp³-hybridized carbons (Fsp3) is 0.364. The van der Waals surface area contributed by atoms with Crippen LogP contribution < -0.4 is 9.62 Å². The van der Waals surface area contributed by atoms with E-state index in [1.807, 2.05) is 37.3 Å². The summed E-state index contributed by atoms with van der Waals surface area (Å²) >= 11 is 0. The maximum atomic E-state index is 13.2. The van der Waals surface area contributed by atoms with Gasteiger partial charge in [-0.3, -0.25) is 13.9 Å². The third-order valence-corrected chi connectivity index (χ3v) is 6.04. The van der Waals surface area contributed by atoms with Gasteiger partial charge in [0.1, 0.15) is 12.6 Å². The summed E-state index contributed by atoms with van der Waals surface area (Å²) in [7, 11) is -2.19. The minimum Gasteiger partial charge on any atom is -0.357 e. The van der Waals surface area contributed by atoms with Crippen LogP contribution in [0.25, 0.3) is 0 Å². The minimum absolute atomic E-state index is 0.295. The minimum atomic E-state index is -3.69. The number of hydrogen-bond acceptors (Lipinski definition) is 4. The van der Waals surface area contributed by atoms with Gasteiger partial charge in [-0.25, -0.2) is 8.42 Å². The van der Waals surface area contributed by atoms with E-state index in [0.29, 0.717) is 18.7 Å². The molecule has 2 aromatic carbocycles. The van der Waals surface area contributed by atoms with Crippen LogP contribution >= 0.6 is 0 Å². The molecule has 0 spiro atoms. The predicted molar refractivity (Wildman–Crippen MR) is 119 cm³/mol. The molecule has 0 saturated heterocycles. The van der Waals surface area contributed by atoms with Crippen LogP contribution in [0, 0.1) is 6.92 Å². The molecule has 0 aromatic heterocycles. The van der Waals surface area contributed by atoms with Gasteiger partial charge in [-0.05, 0) is 38.0 Å². The molecule has 0 bridgehead atoms. The Hall–Kier alpha value is -2.87. The van der Waals surface area contributed by atoms with Gasteiger partial charge in [-0.15, -0.1) is 0 Å². The third-order valence-electron chi connectivity index (χ3n) is 4.90. The van der Waals surface area contributed by atoms with Crippen molar-refractivity contribution >= 4 is 27.5 Å². The summed E-state index contributed by atoms with van der Waals surface area (Å²) in [6.07, 6.45) is 1.62. The lowest BCUT2D eigenvalue weighted by Gasteiger charge is -2.31. The lowest BCUT2D eigenvalue weighted by atomic mass is 10.1. The molecule has 0 fully saturated rings. The smallest absolute Gasteiger partial charge is 0.244 e. The van der Waals surface area contributed by atoms with Crippen molar-refractivity contribution in [2.75, 3.05) is 30.7 Å². The molecule has 0 unspecified atom stereocenters. The fourth-order valence-corrected chi connectivity index (χ4v) is 3.95. The highest BCUT2D eigenvalue weighted by Crippen LogP contribution is 2.19. The van der Waals surface area contributed by atoms with Crippen molar-refractivity contribution in [2.45, 2.75) is 26.3 Å². The number of sulfonamides is 1. The zero-order valence-electron chi connectivity index (χ0n) is 17.8. The average Bonchev–Trinajstić information content (AvgIpc) is 2.72. The molecule has 2 aromatic rings. The molecule has 2 rings (SSSR count). The Labute approximate surface area is 178 Å². The van der Waals surface area contributed by atoms with Crippen molar-refractivity contribution in [1.82, 2.24) is 10.2 Å². The van der Waals surface area contributed by atoms with E-state index in [2.05, 4.69) is 5.32 Å². The number of amides is 2. The first-order chi connectivity index (χ1) is 14.1. The number of nitrogens with one attached hydrogen (secondary N) is 1. The number of hydrogen-bond donors (Lipinski definition) is 1. The van der Waals surface area contributed by atoms with E-state index in [1.54, 1.807) is 31.2 Å². The second kappa shape index (κ2) is 10.2. The van der Waals surface area contributed by atoms with Gasteiger partial charge in [-0.2, -0.15) is 0 Å². The largest absolute Gasteiger partial charge is 0.357 e. The van der Waals surface area contributed by atoms with Crippen molar-refractivity contribution in [3.8, 4) is 0 Å². The Balaban J connectivity index is 2.27. The first kappa shape index (κ1) is 23.4. The Morgan fingerprint density at radius 3 is 2.17 bits per heavy atom. The Bertz CT molecular complexity index is 960. The van der Waals surface area contributed by atoms with Crippen molar-refractivity contribution in [3.05, 3.63) is 65.7 Å². The molecular weight excluding hydrogens is 402 g/mol. The molecule has 8 heteroatoms. The zero-order valence-corrected chi connectivity index (χ0v) is 18.6. The van der Waals surface area contributed by atoms with E-state index in [0.717, 1.165) is 21.7 Å². The molecule has 0 radical (unpaired) electrons. The molecule has 0 heterocycles. The number of aryl methyl sites for hydroxylation is 1. The molecule has 0 aliphatic rings. The van der Waals surface area contributed by atoms with Gasteiger partial charge < -0.3 is 10.2 Å². The number of likely N-dealkylation sites (N-methyl/N-ethyl adjacent to an activating group) is 1. The Morgan fingerprint density at radius 1 is 1.03 bits per heavy atom. The van der Waals surface area contributed by atoms with Crippen molar-refractivity contribution in [1.29, 1.82) is 0 Å². The first-order valence-electron chi connectivity index (χ1n) is 9.73. The van der Waals surface area contributed by atoms with E-state index < -0.39 is 22.0 Å². The Kier molecular flexibility index (Phi) is 8.00. The van der Waals surface area contributed by atoms with Gasteiger partial charge in [0.05, 0.1) is 11.9 Å². The number of carbonyl (C=O) groups excluding carboxylic acids is 2. The number of carbonyl (C=O) groups is 2. The summed E-state index contributed by atoms with van der Waals surface area (Å²) < 4.78 is 25.9. The quantitative estimate of drug-likeness (QED) is 0.658. The molecule has 1 N–H and O–H groups in total. The summed E-state index contributed by atoms with van der Waals surface area (Å²) in [5.41, 5.74) is 2.42. The van der Waals surface area contributed by atoms with Crippen LogP contribution in [0.15, 0.2) is 54.6 Å². The molecule has 0 aliphatic heterocycles. The third kappa shape index (κ3) is 6.32. The van der Waals surface area contributed by atoms with Gasteiger partial charge in [0, 0.05) is 13.6 Å². The molecule has 30 heavy (non-hydrogen) atoms. The van der Waals surface area contributed by atoms with Crippen LogP contribution in [-0.4, -0.2) is 57.6 Å². The van der Waals surface area contributed by atoms with E-state index in [1.165, 1.54) is 11.9 Å². The molecule has 7 nitrogen and oxygen atoms in total. The average molecular weight is 432 g/mol. The summed E-state index contributed by atoms with van der Waals surface area (Å²) in [5, 5.41) is 2.56. The maximum Gasteiger partial charge on any atom is 0.244 e. The zero-order chi connectivity index (χ0) is 22.3. The number of nitrogens with zero attached hydrogens (tertiary/aromatic N) is 2. The molecule has 0 saturated carbocycles. The molecule has 1 atom stereocenters. The van der Waals surface area contributed by atoms with Crippen LogP contribution in [0.1, 0.15) is 18.1 Å². The highest BCUT2D eigenvalue weighted by Gasteiger charge is 2.29. The highest BCUT2D eigenvalue weighted by atomic mass is 32.2. The second-order valence-electron chi connectivity index (χ2n) is 7.22. The summed E-state index contributed by atoms with van der Waals surface area (Å²) in [6, 6.07) is 15.8. The van der Waals surface area contributed by atoms with Crippen LogP contribution in [0.5, 0.6) is 0 Å². The van der Waals surface area contributed by atoms with Crippen LogP contribution in [0.2, 0.25) is 0 Å². The first-order valence-corrected chi connectivity index (χ1v) is 11.6. The van der Waals surface area contributed by atoms with Crippen LogP contribution in [0.3, 0.4) is 0 Å². The fourth-order valence-electron chi connectivity index (χ4n) is 3.10. The van der Waals surface area contributed by atoms with E-state index >= 15 is 0 Å². The summed E-state index contributed by atoms with van der Waals surface area (Å²) in [4.78, 5) is 26.8. The van der Waals surface area contributed by atoms with Gasteiger partial charge in [0.2, 0.25) is 21.8 Å². The SMILES string of the molecule is CNC(=O)[C@H](C)N(CCc1ccccc1)C(=O)CN(c1ccc(C)cc1)S(C)(=O)=O. The Morgan fingerprint density at radius 2 is 1.63 bits per heavy atom. The topological polar surface area (TPSA) is 86.8 Å². The van der Waals surface area contributed by atoms with Gasteiger partial charge in [0.15, 0.2) is 0 Å². The van der Waals surface area contributed by atoms with E-state index in [4.69, 9.17) is 0 Å². The van der Waals surface area contributed by atoms with Gasteiger partial charge in [0.25, 0.3) is 0 Å². The molecule has 162 valence electrons. The number of rotatable bonds is 9. The molecular formula is C22H29N3O4S. The number of anilines is 1. The van der Waals surface area contributed by atoms with Crippen molar-refractivity contribution in [2.24, 2.45) is 0 Å². The second-order valence-corrected chi connectivity index (χ2v) is 9.12. The lowest BCUT2D eigenvalue weighted by molar-refractivity contribution is -0.138. The van der Waals surface area contributed by atoms with Crippen molar-refractivity contribution in [3.63, 3.8) is 0 Å². The van der Waals surface area contributed by atoms with Crippen LogP contribution in [0.4, 0.5) is 5.69 Å². The number of benzene rings is 2. The molecule has 2 amide bonds. The van der Waals surface area contributed by atoms with E-state index in [9.17, 15) is 18.0 Å². The monoisotopic (exact) mass is 431 g/mol. The normalized spacial score (nSPS) is 12.1. The maximum absolute atomic E-state index is 13.2. The predicted octanol–water partition coefficient (Wildman–Crippen LogP) is 1.97. The van der Waals surface area contributed by atoms with Crippen LogP contribution in [-0.2, 0) is 26.0 Å². The molecule has 0 aliphatic carbocycles. The van der Waals surface area contributed by atoms with E-state index in [-0.39, 0.29) is 12.5 Å². The van der Waals surface area contributed by atoms with Gasteiger partial charge >= 0.3 is 0 Å². The van der Waals surface area contributed by atoms with Crippen molar-refractivity contribution < 1.29 is 18.0 Å².